The van der Waals surface area contributed by atoms with Crippen molar-refractivity contribution < 1.29 is 4.79 Å². The van der Waals surface area contributed by atoms with E-state index in [2.05, 4.69) is 21.9 Å². The van der Waals surface area contributed by atoms with E-state index in [4.69, 9.17) is 0 Å². The van der Waals surface area contributed by atoms with Crippen LogP contribution in [0, 0.1) is 5.92 Å². The van der Waals surface area contributed by atoms with Gasteiger partial charge in [-0.05, 0) is 43.6 Å². The van der Waals surface area contributed by atoms with E-state index in [1.807, 2.05) is 11.8 Å². The first-order valence-corrected chi connectivity index (χ1v) is 10.2. The summed E-state index contributed by atoms with van der Waals surface area (Å²) in [6.45, 7) is 2.08. The van der Waals surface area contributed by atoms with Gasteiger partial charge in [0.25, 0.3) is 0 Å². The number of nitrogens with one attached hydrogen (secondary N) is 2. The molecule has 0 aromatic carbocycles. The van der Waals surface area contributed by atoms with Gasteiger partial charge >= 0.3 is 0 Å². The molecule has 142 valence electrons. The van der Waals surface area contributed by atoms with Crippen molar-refractivity contribution in [3.63, 3.8) is 0 Å². The standard InChI is InChI=1S/C17H34N4OS.HI/c1-21(2)16(22)14-20-17(18-11-7-8-12-23-3)19-13-15-9-5-4-6-10-15;/h15H,4-14H2,1-3H3,(H2,18,19,20);1H. The summed E-state index contributed by atoms with van der Waals surface area (Å²) in [5.74, 6) is 2.76. The summed E-state index contributed by atoms with van der Waals surface area (Å²) in [5, 5.41) is 6.81. The number of carbonyl (C=O) groups excluding carboxylic acids is 1. The number of guanidine groups is 1. The van der Waals surface area contributed by atoms with Crippen molar-refractivity contribution in [1.82, 2.24) is 15.5 Å². The molecule has 1 fully saturated rings. The van der Waals surface area contributed by atoms with Gasteiger partial charge in [-0.25, -0.2) is 4.99 Å². The summed E-state index contributed by atoms with van der Waals surface area (Å²) in [5.41, 5.74) is 0. The number of rotatable bonds is 9. The number of aliphatic imine (C=N–C) groups is 1. The van der Waals surface area contributed by atoms with E-state index in [1.54, 1.807) is 19.0 Å². The fraction of sp³-hybridized carbons (Fsp3) is 0.882. The lowest BCUT2D eigenvalue weighted by Crippen LogP contribution is -2.41. The quantitative estimate of drug-likeness (QED) is 0.236. The van der Waals surface area contributed by atoms with Crippen LogP contribution in [0.4, 0.5) is 0 Å². The molecule has 0 saturated heterocycles. The molecule has 5 nitrogen and oxygen atoms in total. The lowest BCUT2D eigenvalue weighted by molar-refractivity contribution is -0.127. The van der Waals surface area contributed by atoms with Crippen LogP contribution in [0.1, 0.15) is 44.9 Å². The number of hydrogen-bond acceptors (Lipinski definition) is 3. The van der Waals surface area contributed by atoms with Crippen molar-refractivity contribution >= 4 is 47.6 Å². The van der Waals surface area contributed by atoms with Gasteiger partial charge in [0.1, 0.15) is 6.54 Å². The zero-order valence-electron chi connectivity index (χ0n) is 15.5. The maximum Gasteiger partial charge on any atom is 0.243 e. The van der Waals surface area contributed by atoms with Gasteiger partial charge in [-0.1, -0.05) is 19.3 Å². The van der Waals surface area contributed by atoms with Crippen LogP contribution in [0.2, 0.25) is 0 Å². The summed E-state index contributed by atoms with van der Waals surface area (Å²) in [7, 11) is 3.53. The molecule has 0 bridgehead atoms. The molecule has 0 unspecified atom stereocenters. The third-order valence-corrected chi connectivity index (χ3v) is 4.92. The first-order valence-electron chi connectivity index (χ1n) is 8.84. The zero-order valence-corrected chi connectivity index (χ0v) is 18.6. The van der Waals surface area contributed by atoms with Gasteiger partial charge in [0.15, 0.2) is 5.96 Å². The number of amides is 1. The zero-order chi connectivity index (χ0) is 16.9. The molecule has 24 heavy (non-hydrogen) atoms. The Kier molecular flexibility index (Phi) is 15.0. The number of carbonyl (C=O) groups is 1. The Balaban J connectivity index is 0.00000529. The predicted octanol–water partition coefficient (Wildman–Crippen LogP) is 2.95. The molecule has 0 aromatic heterocycles. The SMILES string of the molecule is CSCCCCNC(=NCC(=O)N(C)C)NCC1CCCCC1.I. The first-order chi connectivity index (χ1) is 11.1. The molecule has 0 aromatic rings. The van der Waals surface area contributed by atoms with E-state index in [9.17, 15) is 4.79 Å². The first kappa shape index (κ1) is 23.8. The lowest BCUT2D eigenvalue weighted by Gasteiger charge is -2.23. The van der Waals surface area contributed by atoms with Crippen molar-refractivity contribution in [2.24, 2.45) is 10.9 Å². The second-order valence-electron chi connectivity index (χ2n) is 6.46. The van der Waals surface area contributed by atoms with Crippen molar-refractivity contribution in [1.29, 1.82) is 0 Å². The molecule has 1 aliphatic carbocycles. The number of thioether (sulfide) groups is 1. The van der Waals surface area contributed by atoms with E-state index in [0.717, 1.165) is 31.4 Å². The number of halogens is 1. The smallest absolute Gasteiger partial charge is 0.243 e. The van der Waals surface area contributed by atoms with Crippen LogP contribution < -0.4 is 10.6 Å². The third-order valence-electron chi connectivity index (χ3n) is 4.22. The van der Waals surface area contributed by atoms with Crippen molar-refractivity contribution in [2.75, 3.05) is 45.7 Å². The maximum atomic E-state index is 11.7. The van der Waals surface area contributed by atoms with Crippen LogP contribution in [0.15, 0.2) is 4.99 Å². The summed E-state index contributed by atoms with van der Waals surface area (Å²) in [6.07, 6.45) is 11.2. The Labute approximate surface area is 169 Å². The number of hydrogen-bond donors (Lipinski definition) is 2. The molecule has 1 amide bonds. The predicted molar refractivity (Wildman–Crippen MR) is 117 cm³/mol. The molecule has 7 heteroatoms. The Morgan fingerprint density at radius 2 is 1.88 bits per heavy atom. The van der Waals surface area contributed by atoms with Gasteiger partial charge in [-0.15, -0.1) is 24.0 Å². The van der Waals surface area contributed by atoms with Crippen LogP contribution in [-0.4, -0.2) is 62.5 Å². The summed E-state index contributed by atoms with van der Waals surface area (Å²) in [4.78, 5) is 17.8. The highest BCUT2D eigenvalue weighted by Gasteiger charge is 2.14. The second kappa shape index (κ2) is 15.1. The second-order valence-corrected chi connectivity index (χ2v) is 7.45. The molecule has 0 heterocycles. The Bertz CT molecular complexity index is 360. The van der Waals surface area contributed by atoms with Crippen molar-refractivity contribution in [3.05, 3.63) is 0 Å². The van der Waals surface area contributed by atoms with Crippen LogP contribution in [0.25, 0.3) is 0 Å². The van der Waals surface area contributed by atoms with Crippen LogP contribution in [0.3, 0.4) is 0 Å². The van der Waals surface area contributed by atoms with Gasteiger partial charge in [0.2, 0.25) is 5.91 Å². The van der Waals surface area contributed by atoms with Crippen LogP contribution in [0.5, 0.6) is 0 Å². The monoisotopic (exact) mass is 470 g/mol. The fourth-order valence-corrected chi connectivity index (χ4v) is 3.17. The van der Waals surface area contributed by atoms with Crippen LogP contribution in [-0.2, 0) is 4.79 Å². The number of unbranched alkanes of at least 4 members (excludes halogenated alkanes) is 1. The van der Waals surface area contributed by atoms with Gasteiger partial charge in [0, 0.05) is 27.2 Å². The molecular weight excluding hydrogens is 435 g/mol. The number of nitrogens with zero attached hydrogens (tertiary/aromatic N) is 2. The van der Waals surface area contributed by atoms with Crippen LogP contribution >= 0.6 is 35.7 Å². The molecule has 1 aliphatic rings. The Hall–Kier alpha value is -0.180. The Morgan fingerprint density at radius 3 is 2.50 bits per heavy atom. The third kappa shape index (κ3) is 11.4. The van der Waals surface area contributed by atoms with E-state index in [-0.39, 0.29) is 36.4 Å². The maximum absolute atomic E-state index is 11.7. The molecule has 0 aliphatic heterocycles. The van der Waals surface area contributed by atoms with E-state index >= 15 is 0 Å². The lowest BCUT2D eigenvalue weighted by atomic mass is 9.89. The highest BCUT2D eigenvalue weighted by atomic mass is 127. The van der Waals surface area contributed by atoms with E-state index in [0.29, 0.717) is 0 Å². The highest BCUT2D eigenvalue weighted by molar-refractivity contribution is 14.0. The van der Waals surface area contributed by atoms with E-state index < -0.39 is 0 Å². The minimum atomic E-state index is 0. The number of likely N-dealkylation sites (N-methyl/N-ethyl adjacent to an activating group) is 1. The molecule has 0 spiro atoms. The van der Waals surface area contributed by atoms with Gasteiger partial charge in [-0.2, -0.15) is 11.8 Å². The Morgan fingerprint density at radius 1 is 1.17 bits per heavy atom. The molecule has 2 N–H and O–H groups in total. The molecule has 1 rings (SSSR count). The highest BCUT2D eigenvalue weighted by Crippen LogP contribution is 2.22. The van der Waals surface area contributed by atoms with Gasteiger partial charge in [0.05, 0.1) is 0 Å². The summed E-state index contributed by atoms with van der Waals surface area (Å²) < 4.78 is 0. The minimum absolute atomic E-state index is 0. The minimum Gasteiger partial charge on any atom is -0.356 e. The molecule has 0 radical (unpaired) electrons. The largest absolute Gasteiger partial charge is 0.356 e. The van der Waals surface area contributed by atoms with Crippen molar-refractivity contribution in [3.8, 4) is 0 Å². The average molecular weight is 470 g/mol. The topological polar surface area (TPSA) is 56.7 Å². The average Bonchev–Trinajstić information content (AvgIpc) is 2.56. The van der Waals surface area contributed by atoms with Gasteiger partial charge in [-0.3, -0.25) is 4.79 Å². The summed E-state index contributed by atoms with van der Waals surface area (Å²) >= 11 is 1.88. The summed E-state index contributed by atoms with van der Waals surface area (Å²) in [6, 6.07) is 0. The van der Waals surface area contributed by atoms with Gasteiger partial charge < -0.3 is 15.5 Å². The fourth-order valence-electron chi connectivity index (χ4n) is 2.67. The molecular formula is C17H35IN4OS. The molecule has 1 saturated carbocycles. The normalized spacial score (nSPS) is 15.5. The van der Waals surface area contributed by atoms with E-state index in [1.165, 1.54) is 44.3 Å². The molecule has 0 atom stereocenters. The van der Waals surface area contributed by atoms with Crippen molar-refractivity contribution in [2.45, 2.75) is 44.9 Å².